The number of rotatable bonds is 11. The van der Waals surface area contributed by atoms with Crippen molar-refractivity contribution in [2.75, 3.05) is 38.4 Å². The van der Waals surface area contributed by atoms with Crippen molar-refractivity contribution < 1.29 is 43.2 Å². The molecule has 6 atom stereocenters. The number of amides is 3. The molecule has 6 aromatic rings. The number of ether oxygens (including phenoxy) is 4. The maximum absolute atomic E-state index is 16.0. The number of methoxy groups -OCH3 is 1. The minimum Gasteiger partial charge on any atom is -0.491 e. The molecule has 2 saturated heterocycles. The first-order valence-electron chi connectivity index (χ1n) is 20.4. The van der Waals surface area contributed by atoms with Crippen LogP contribution in [0.15, 0.2) is 127 Å². The van der Waals surface area contributed by atoms with Crippen LogP contribution >= 0.6 is 0 Å². The largest absolute Gasteiger partial charge is 0.491 e. The van der Waals surface area contributed by atoms with Gasteiger partial charge in [0.05, 0.1) is 42.4 Å². The molecule has 0 radical (unpaired) electrons. The predicted molar refractivity (Wildman–Crippen MR) is 228 cm³/mol. The number of aliphatic hydroxyl groups excluding tert-OH is 1. The van der Waals surface area contributed by atoms with E-state index in [9.17, 15) is 19.5 Å². The summed E-state index contributed by atoms with van der Waals surface area (Å²) in [5.74, 6) is 2.36. The number of morpholine rings is 1. The van der Waals surface area contributed by atoms with E-state index in [1.165, 1.54) is 7.11 Å². The van der Waals surface area contributed by atoms with Crippen molar-refractivity contribution in [2.45, 2.75) is 36.2 Å². The molecule has 3 amide bonds. The highest BCUT2D eigenvalue weighted by Gasteiger charge is 2.75. The standard InChI is InChI=1S/C48H42N6O9/c1-60-27-28-62-47(59)53-36-23-22-30(13-12-24-52-37-20-10-9-19-35(37)50-51-52)29-34(36)48(46(53)58)39(44(49)56)41-45(57)63-42(32-16-6-3-7-17-32)40(31-14-4-2-5-15-31)54(41)43(48)33-18-8-11-21-38(33)61-26-25-55/h2-11,14-23,29,39-43,55H,24-28H2,1H3,(H2,49,56)/t39-,40-,41-,42+,43+,48-/m1/s1. The zero-order chi connectivity index (χ0) is 43.7. The Morgan fingerprint density at radius 2 is 1.57 bits per heavy atom. The maximum Gasteiger partial charge on any atom is 0.421 e. The third-order valence-electron chi connectivity index (χ3n) is 11.9. The number of para-hydroxylation sites is 2. The summed E-state index contributed by atoms with van der Waals surface area (Å²) in [7, 11) is 1.45. The zero-order valence-corrected chi connectivity index (χ0v) is 34.1. The Bertz CT molecular complexity index is 2770. The van der Waals surface area contributed by atoms with Gasteiger partial charge in [-0.1, -0.05) is 108 Å². The molecule has 2 fully saturated rings. The number of cyclic esters (lactones) is 1. The first-order valence-corrected chi connectivity index (χ1v) is 20.4. The summed E-state index contributed by atoms with van der Waals surface area (Å²) in [6, 6.07) is 34.4. The Balaban J connectivity index is 1.31. The summed E-state index contributed by atoms with van der Waals surface area (Å²) >= 11 is 0. The normalized spacial score (nSPS) is 22.6. The molecular formula is C48H42N6O9. The van der Waals surface area contributed by atoms with E-state index < -0.39 is 59.4 Å². The lowest BCUT2D eigenvalue weighted by Crippen LogP contribution is -2.55. The van der Waals surface area contributed by atoms with Gasteiger partial charge in [-0.25, -0.2) is 14.4 Å². The van der Waals surface area contributed by atoms with E-state index in [0.717, 1.165) is 10.4 Å². The number of benzene rings is 5. The Morgan fingerprint density at radius 3 is 2.32 bits per heavy atom. The second-order valence-corrected chi connectivity index (χ2v) is 15.3. The Labute approximate surface area is 361 Å². The number of nitrogens with zero attached hydrogens (tertiary/aromatic N) is 5. The number of carbonyl (C=O) groups excluding carboxylic acids is 4. The van der Waals surface area contributed by atoms with Gasteiger partial charge in [0.2, 0.25) is 11.8 Å². The topological polar surface area (TPSA) is 189 Å². The van der Waals surface area contributed by atoms with E-state index in [2.05, 4.69) is 22.2 Å². The molecule has 15 nitrogen and oxygen atoms in total. The maximum atomic E-state index is 16.0. The molecule has 4 heterocycles. The summed E-state index contributed by atoms with van der Waals surface area (Å²) in [6.07, 6.45) is -1.96. The van der Waals surface area contributed by atoms with Gasteiger partial charge >= 0.3 is 12.1 Å². The zero-order valence-electron chi connectivity index (χ0n) is 34.1. The van der Waals surface area contributed by atoms with Gasteiger partial charge in [0, 0.05) is 18.2 Å². The van der Waals surface area contributed by atoms with E-state index in [4.69, 9.17) is 24.7 Å². The molecule has 15 heteroatoms. The van der Waals surface area contributed by atoms with E-state index in [0.29, 0.717) is 27.8 Å². The van der Waals surface area contributed by atoms with Crippen molar-refractivity contribution in [2.24, 2.45) is 11.7 Å². The summed E-state index contributed by atoms with van der Waals surface area (Å²) in [4.78, 5) is 62.5. The third-order valence-corrected chi connectivity index (χ3v) is 11.9. The number of hydrogen-bond acceptors (Lipinski definition) is 12. The van der Waals surface area contributed by atoms with Crippen LogP contribution in [-0.2, 0) is 40.6 Å². The van der Waals surface area contributed by atoms with Gasteiger partial charge in [-0.15, -0.1) is 5.10 Å². The molecule has 3 aliphatic heterocycles. The van der Waals surface area contributed by atoms with Crippen LogP contribution in [0.5, 0.6) is 5.75 Å². The Hall–Kier alpha value is -7.38. The number of hydrogen-bond donors (Lipinski definition) is 2. The number of fused-ring (bicyclic) bond motifs is 4. The van der Waals surface area contributed by atoms with Crippen molar-refractivity contribution in [3.63, 3.8) is 0 Å². The number of carbonyl (C=O) groups is 4. The molecule has 0 aliphatic carbocycles. The predicted octanol–water partition coefficient (Wildman–Crippen LogP) is 4.79. The van der Waals surface area contributed by atoms with Crippen LogP contribution in [0.1, 0.15) is 46.0 Å². The lowest BCUT2D eigenvalue weighted by atomic mass is 9.65. The quantitative estimate of drug-likeness (QED) is 0.103. The second kappa shape index (κ2) is 17.2. The van der Waals surface area contributed by atoms with Crippen molar-refractivity contribution in [3.8, 4) is 17.6 Å². The highest BCUT2D eigenvalue weighted by atomic mass is 16.6. The monoisotopic (exact) mass is 846 g/mol. The fraction of sp³-hybridized carbons (Fsp3) is 0.250. The first-order chi connectivity index (χ1) is 30.8. The number of aromatic nitrogens is 3. The molecular weight excluding hydrogens is 805 g/mol. The van der Waals surface area contributed by atoms with Crippen molar-refractivity contribution in [1.82, 2.24) is 19.9 Å². The van der Waals surface area contributed by atoms with Crippen LogP contribution in [0.2, 0.25) is 0 Å². The van der Waals surface area contributed by atoms with Crippen LogP contribution in [0, 0.1) is 17.8 Å². The number of imide groups is 1. The molecule has 0 bridgehead atoms. The molecule has 1 aromatic heterocycles. The highest BCUT2D eigenvalue weighted by molar-refractivity contribution is 6.23. The number of anilines is 1. The van der Waals surface area contributed by atoms with Crippen LogP contribution in [0.4, 0.5) is 10.5 Å². The Morgan fingerprint density at radius 1 is 0.857 bits per heavy atom. The fourth-order valence-corrected chi connectivity index (χ4v) is 9.49. The summed E-state index contributed by atoms with van der Waals surface area (Å²) in [6.45, 7) is -0.406. The average molecular weight is 847 g/mol. The van der Waals surface area contributed by atoms with Crippen molar-refractivity contribution in [1.29, 1.82) is 0 Å². The minimum absolute atomic E-state index is 0.0464. The molecule has 318 valence electrons. The molecule has 0 saturated carbocycles. The second-order valence-electron chi connectivity index (χ2n) is 15.3. The third kappa shape index (κ3) is 6.94. The van der Waals surface area contributed by atoms with Crippen LogP contribution < -0.4 is 15.4 Å². The highest BCUT2D eigenvalue weighted by Crippen LogP contribution is 2.66. The van der Waals surface area contributed by atoms with Gasteiger partial charge in [-0.05, 0) is 53.1 Å². The van der Waals surface area contributed by atoms with E-state index in [1.807, 2.05) is 89.8 Å². The van der Waals surface area contributed by atoms with Gasteiger partial charge in [-0.3, -0.25) is 19.3 Å². The number of aliphatic hydroxyl groups is 1. The molecule has 5 aromatic carbocycles. The first kappa shape index (κ1) is 41.0. The van der Waals surface area contributed by atoms with E-state index in [-0.39, 0.29) is 50.0 Å². The van der Waals surface area contributed by atoms with Gasteiger partial charge in [0.25, 0.3) is 0 Å². The lowest BCUT2D eigenvalue weighted by Gasteiger charge is -2.46. The average Bonchev–Trinajstić information content (AvgIpc) is 3.95. The molecule has 3 aliphatic rings. The number of nitrogens with two attached hydrogens (primary N) is 1. The van der Waals surface area contributed by atoms with Crippen molar-refractivity contribution >= 4 is 40.6 Å². The van der Waals surface area contributed by atoms with Gasteiger partial charge in [-0.2, -0.15) is 0 Å². The SMILES string of the molecule is COCCOC(=O)N1C(=O)[C@@]2(c3cc(C#CCn4nnc5ccccc54)ccc31)[C@H](c1ccccc1OCCO)N1[C@H](c3ccccc3)[C@H](c3ccccc3)OC(=O)[C@H]1[C@@H]2C(N)=O. The van der Waals surface area contributed by atoms with Crippen molar-refractivity contribution in [3.05, 3.63) is 155 Å². The fourth-order valence-electron chi connectivity index (χ4n) is 9.49. The van der Waals surface area contributed by atoms with Gasteiger partial charge < -0.3 is 29.8 Å². The lowest BCUT2D eigenvalue weighted by molar-refractivity contribution is -0.178. The van der Waals surface area contributed by atoms with Gasteiger partial charge in [0.1, 0.15) is 48.6 Å². The van der Waals surface area contributed by atoms with Crippen LogP contribution in [0.3, 0.4) is 0 Å². The van der Waals surface area contributed by atoms with Crippen LogP contribution in [0.25, 0.3) is 11.0 Å². The molecule has 3 N–H and O–H groups in total. The molecule has 63 heavy (non-hydrogen) atoms. The molecule has 9 rings (SSSR count). The summed E-state index contributed by atoms with van der Waals surface area (Å²) < 4.78 is 25.0. The van der Waals surface area contributed by atoms with Gasteiger partial charge in [0.15, 0.2) is 0 Å². The molecule has 0 unspecified atom stereocenters. The molecule has 1 spiro atoms. The smallest absolute Gasteiger partial charge is 0.421 e. The van der Waals surface area contributed by atoms with Crippen LogP contribution in [-0.4, -0.2) is 88.5 Å². The van der Waals surface area contributed by atoms with E-state index >= 15 is 4.79 Å². The minimum atomic E-state index is -2.11. The summed E-state index contributed by atoms with van der Waals surface area (Å²) in [5.41, 5.74) is 8.40. The Kier molecular flexibility index (Phi) is 11.2. The number of esters is 1. The van der Waals surface area contributed by atoms with E-state index in [1.54, 1.807) is 47.1 Å². The number of primary amides is 1. The summed E-state index contributed by atoms with van der Waals surface area (Å²) in [5, 5.41) is 18.4.